The number of hydrogen-bond donors (Lipinski definition) is 0. The molecular formula is C19H24N6O. The van der Waals surface area contributed by atoms with Crippen LogP contribution >= 0.6 is 0 Å². The smallest absolute Gasteiger partial charge is 0.254 e. The molecule has 3 aromatic rings. The lowest BCUT2D eigenvalue weighted by atomic mass is 10.1. The Hall–Kier alpha value is -2.80. The minimum Gasteiger partial charge on any atom is -0.333 e. The van der Waals surface area contributed by atoms with Crippen LogP contribution < -0.4 is 0 Å². The molecule has 0 fully saturated rings. The number of rotatable bonds is 7. The number of nitrogens with zero attached hydrogens (tertiary/aromatic N) is 6. The molecule has 0 saturated carbocycles. The van der Waals surface area contributed by atoms with E-state index in [0.29, 0.717) is 18.7 Å². The molecular weight excluding hydrogens is 328 g/mol. The number of carbonyl (C=O) groups excluding carboxylic acids is 1. The summed E-state index contributed by atoms with van der Waals surface area (Å²) in [4.78, 5) is 21.2. The van der Waals surface area contributed by atoms with Crippen LogP contribution in [0.3, 0.4) is 0 Å². The van der Waals surface area contributed by atoms with E-state index in [0.717, 1.165) is 29.7 Å². The molecule has 0 spiro atoms. The van der Waals surface area contributed by atoms with Crippen molar-refractivity contribution in [2.75, 3.05) is 27.2 Å². The van der Waals surface area contributed by atoms with Gasteiger partial charge in [0.2, 0.25) is 0 Å². The molecule has 0 unspecified atom stereocenters. The van der Waals surface area contributed by atoms with Crippen LogP contribution in [0.25, 0.3) is 11.0 Å². The van der Waals surface area contributed by atoms with Crippen molar-refractivity contribution in [3.63, 3.8) is 0 Å². The lowest BCUT2D eigenvalue weighted by Crippen LogP contribution is -2.36. The second-order valence-electron chi connectivity index (χ2n) is 6.50. The van der Waals surface area contributed by atoms with Crippen LogP contribution in [-0.2, 0) is 13.1 Å². The SMILES string of the molecule is CCn1nnc2cc(C(=O)N(CCN(C)C)Cc3cccnc3)ccc21. The predicted octanol–water partition coefficient (Wildman–Crippen LogP) is 2.05. The first kappa shape index (κ1) is 18.0. The zero-order chi connectivity index (χ0) is 18.5. The van der Waals surface area contributed by atoms with E-state index in [1.165, 1.54) is 0 Å². The fraction of sp³-hybridized carbons (Fsp3) is 0.368. The molecule has 7 heteroatoms. The highest BCUT2D eigenvalue weighted by Gasteiger charge is 2.18. The molecule has 1 aromatic carbocycles. The number of likely N-dealkylation sites (N-methyl/N-ethyl adjacent to an activating group) is 1. The van der Waals surface area contributed by atoms with Crippen LogP contribution in [-0.4, -0.2) is 62.9 Å². The van der Waals surface area contributed by atoms with Gasteiger partial charge in [0, 0.05) is 44.1 Å². The van der Waals surface area contributed by atoms with E-state index in [-0.39, 0.29) is 5.91 Å². The molecule has 3 rings (SSSR count). The number of aromatic nitrogens is 4. The van der Waals surface area contributed by atoms with Gasteiger partial charge in [0.1, 0.15) is 5.52 Å². The molecule has 0 bridgehead atoms. The maximum Gasteiger partial charge on any atom is 0.254 e. The number of carbonyl (C=O) groups is 1. The molecule has 0 radical (unpaired) electrons. The van der Waals surface area contributed by atoms with Crippen LogP contribution in [0, 0.1) is 0 Å². The van der Waals surface area contributed by atoms with Crippen molar-refractivity contribution >= 4 is 16.9 Å². The lowest BCUT2D eigenvalue weighted by molar-refractivity contribution is 0.0732. The van der Waals surface area contributed by atoms with Gasteiger partial charge in [0.25, 0.3) is 5.91 Å². The first-order valence-electron chi connectivity index (χ1n) is 8.74. The van der Waals surface area contributed by atoms with Crippen molar-refractivity contribution in [2.24, 2.45) is 0 Å². The third-order valence-corrected chi connectivity index (χ3v) is 4.26. The lowest BCUT2D eigenvalue weighted by Gasteiger charge is -2.24. The highest BCUT2D eigenvalue weighted by Crippen LogP contribution is 2.16. The molecule has 2 aromatic heterocycles. The average molecular weight is 352 g/mol. The van der Waals surface area contributed by atoms with E-state index in [2.05, 4.69) is 20.2 Å². The van der Waals surface area contributed by atoms with E-state index >= 15 is 0 Å². The molecule has 0 N–H and O–H groups in total. The first-order chi connectivity index (χ1) is 12.6. The van der Waals surface area contributed by atoms with Gasteiger partial charge in [-0.25, -0.2) is 4.68 Å². The van der Waals surface area contributed by atoms with Crippen molar-refractivity contribution in [1.82, 2.24) is 29.8 Å². The Labute approximate surface area is 153 Å². The van der Waals surface area contributed by atoms with E-state index in [4.69, 9.17) is 0 Å². The minimum absolute atomic E-state index is 0.0105. The number of benzene rings is 1. The summed E-state index contributed by atoms with van der Waals surface area (Å²) in [5.74, 6) is -0.0105. The quantitative estimate of drug-likeness (QED) is 0.651. The summed E-state index contributed by atoms with van der Waals surface area (Å²) >= 11 is 0. The standard InChI is InChI=1S/C19H24N6O/c1-4-25-18-8-7-16(12-17(18)21-22-25)19(26)24(11-10-23(2)3)14-15-6-5-9-20-13-15/h5-9,12-13H,4,10-11,14H2,1-3H3. The Morgan fingerprint density at radius 2 is 2.04 bits per heavy atom. The van der Waals surface area contributed by atoms with E-state index in [1.807, 2.05) is 60.9 Å². The Morgan fingerprint density at radius 1 is 1.19 bits per heavy atom. The summed E-state index contributed by atoms with van der Waals surface area (Å²) in [5.41, 5.74) is 3.32. The summed E-state index contributed by atoms with van der Waals surface area (Å²) in [5, 5.41) is 8.29. The second-order valence-corrected chi connectivity index (χ2v) is 6.50. The third kappa shape index (κ3) is 4.05. The van der Waals surface area contributed by atoms with Gasteiger partial charge in [-0.05, 0) is 50.8 Å². The van der Waals surface area contributed by atoms with E-state index in [1.54, 1.807) is 12.4 Å². The van der Waals surface area contributed by atoms with Crippen LogP contribution in [0.1, 0.15) is 22.8 Å². The summed E-state index contributed by atoms with van der Waals surface area (Å²) < 4.78 is 1.82. The molecule has 0 saturated heterocycles. The maximum absolute atomic E-state index is 13.1. The normalized spacial score (nSPS) is 11.2. The average Bonchev–Trinajstić information content (AvgIpc) is 3.07. The van der Waals surface area contributed by atoms with Crippen molar-refractivity contribution in [1.29, 1.82) is 0 Å². The third-order valence-electron chi connectivity index (χ3n) is 4.26. The Morgan fingerprint density at radius 3 is 2.73 bits per heavy atom. The number of fused-ring (bicyclic) bond motifs is 1. The van der Waals surface area contributed by atoms with Crippen LogP contribution in [0.5, 0.6) is 0 Å². The van der Waals surface area contributed by atoms with Gasteiger partial charge in [-0.1, -0.05) is 11.3 Å². The summed E-state index contributed by atoms with van der Waals surface area (Å²) in [6.07, 6.45) is 3.53. The Kier molecular flexibility index (Phi) is 5.58. The van der Waals surface area contributed by atoms with Gasteiger partial charge in [-0.3, -0.25) is 9.78 Å². The topological polar surface area (TPSA) is 67.2 Å². The number of amides is 1. The number of aryl methyl sites for hydroxylation is 1. The summed E-state index contributed by atoms with van der Waals surface area (Å²) in [6, 6.07) is 9.47. The highest BCUT2D eigenvalue weighted by atomic mass is 16.2. The van der Waals surface area contributed by atoms with Crippen LogP contribution in [0.15, 0.2) is 42.7 Å². The monoisotopic (exact) mass is 352 g/mol. The molecule has 2 heterocycles. The van der Waals surface area contributed by atoms with Crippen molar-refractivity contribution in [3.8, 4) is 0 Å². The highest BCUT2D eigenvalue weighted by molar-refractivity contribution is 5.97. The van der Waals surface area contributed by atoms with E-state index < -0.39 is 0 Å². The Bertz CT molecular complexity index is 874. The largest absolute Gasteiger partial charge is 0.333 e. The number of pyridine rings is 1. The number of hydrogen-bond acceptors (Lipinski definition) is 5. The first-order valence-corrected chi connectivity index (χ1v) is 8.74. The molecule has 7 nitrogen and oxygen atoms in total. The zero-order valence-corrected chi connectivity index (χ0v) is 15.5. The Balaban J connectivity index is 1.85. The molecule has 1 amide bonds. The van der Waals surface area contributed by atoms with Gasteiger partial charge >= 0.3 is 0 Å². The fourth-order valence-corrected chi connectivity index (χ4v) is 2.81. The van der Waals surface area contributed by atoms with Crippen LogP contribution in [0.4, 0.5) is 0 Å². The predicted molar refractivity (Wildman–Crippen MR) is 101 cm³/mol. The van der Waals surface area contributed by atoms with Crippen molar-refractivity contribution in [2.45, 2.75) is 20.0 Å². The van der Waals surface area contributed by atoms with Crippen LogP contribution in [0.2, 0.25) is 0 Å². The van der Waals surface area contributed by atoms with E-state index in [9.17, 15) is 4.79 Å². The second kappa shape index (κ2) is 8.05. The molecule has 0 atom stereocenters. The van der Waals surface area contributed by atoms with Gasteiger partial charge in [-0.15, -0.1) is 5.10 Å². The molecule has 0 aliphatic heterocycles. The summed E-state index contributed by atoms with van der Waals surface area (Å²) in [7, 11) is 4.00. The summed E-state index contributed by atoms with van der Waals surface area (Å²) in [6.45, 7) is 4.73. The van der Waals surface area contributed by atoms with Gasteiger partial charge in [0.15, 0.2) is 0 Å². The van der Waals surface area contributed by atoms with Crippen molar-refractivity contribution < 1.29 is 4.79 Å². The molecule has 26 heavy (non-hydrogen) atoms. The molecule has 0 aliphatic carbocycles. The van der Waals surface area contributed by atoms with Gasteiger partial charge in [-0.2, -0.15) is 0 Å². The maximum atomic E-state index is 13.1. The van der Waals surface area contributed by atoms with Crippen molar-refractivity contribution in [3.05, 3.63) is 53.9 Å². The minimum atomic E-state index is -0.0105. The zero-order valence-electron chi connectivity index (χ0n) is 15.5. The fourth-order valence-electron chi connectivity index (χ4n) is 2.81. The molecule has 0 aliphatic rings. The van der Waals surface area contributed by atoms with Gasteiger partial charge in [0.05, 0.1) is 5.52 Å². The van der Waals surface area contributed by atoms with Gasteiger partial charge < -0.3 is 9.80 Å². The molecule has 136 valence electrons.